The number of hydrogen-bond donors (Lipinski definition) is 2. The number of aliphatic imine (C=N–C) groups is 1. The average Bonchev–Trinajstić information content (AvgIpc) is 3.36. The third-order valence-electron chi connectivity index (χ3n) is 4.39. The summed E-state index contributed by atoms with van der Waals surface area (Å²) in [6.07, 6.45) is 5.54. The van der Waals surface area contributed by atoms with Gasteiger partial charge in [-0.15, -0.1) is 11.3 Å². The zero-order valence-electron chi connectivity index (χ0n) is 15.6. The van der Waals surface area contributed by atoms with Crippen molar-refractivity contribution in [3.8, 4) is 5.88 Å². The molecular formula is C20H28N4OS. The highest BCUT2D eigenvalue weighted by molar-refractivity contribution is 7.09. The van der Waals surface area contributed by atoms with Gasteiger partial charge in [-0.3, -0.25) is 4.99 Å². The van der Waals surface area contributed by atoms with Crippen LogP contribution < -0.4 is 15.4 Å². The molecule has 1 aliphatic carbocycles. The number of hydrogen-bond acceptors (Lipinski definition) is 4. The van der Waals surface area contributed by atoms with Gasteiger partial charge in [0.2, 0.25) is 5.88 Å². The summed E-state index contributed by atoms with van der Waals surface area (Å²) >= 11 is 1.82. The molecule has 0 bridgehead atoms. The minimum Gasteiger partial charge on any atom is -0.477 e. The van der Waals surface area contributed by atoms with Crippen molar-refractivity contribution in [2.45, 2.75) is 32.7 Å². The minimum atomic E-state index is 0.553. The predicted molar refractivity (Wildman–Crippen MR) is 108 cm³/mol. The molecule has 2 aromatic rings. The van der Waals surface area contributed by atoms with E-state index < -0.39 is 0 Å². The number of nitrogens with zero attached hydrogens (tertiary/aromatic N) is 2. The molecule has 2 aromatic heterocycles. The lowest BCUT2D eigenvalue weighted by molar-refractivity contribution is 0.288. The second-order valence-corrected chi connectivity index (χ2v) is 7.99. The Kier molecular flexibility index (Phi) is 6.89. The van der Waals surface area contributed by atoms with Crippen LogP contribution in [0.4, 0.5) is 0 Å². The molecule has 0 amide bonds. The summed E-state index contributed by atoms with van der Waals surface area (Å²) in [4.78, 5) is 10.1. The molecule has 1 fully saturated rings. The fraction of sp³-hybridized carbons (Fsp3) is 0.500. The molecule has 0 aliphatic heterocycles. The van der Waals surface area contributed by atoms with Gasteiger partial charge in [0.05, 0.1) is 6.61 Å². The van der Waals surface area contributed by atoms with E-state index in [1.165, 1.54) is 17.7 Å². The highest BCUT2D eigenvalue weighted by atomic mass is 32.1. The third-order valence-corrected chi connectivity index (χ3v) is 5.29. The summed E-state index contributed by atoms with van der Waals surface area (Å²) in [6.45, 7) is 4.63. The van der Waals surface area contributed by atoms with Crippen molar-refractivity contribution in [1.82, 2.24) is 15.6 Å². The molecular weight excluding hydrogens is 344 g/mol. The summed E-state index contributed by atoms with van der Waals surface area (Å²) in [5.74, 6) is 2.83. The molecule has 6 heteroatoms. The summed E-state index contributed by atoms with van der Waals surface area (Å²) in [5, 5.41) is 8.87. The first-order chi connectivity index (χ1) is 12.7. The Balaban J connectivity index is 1.37. The SMILES string of the molecule is CN=C(NCc1ccc(OCC2CC2)nc1)NCC(C)Cc1cccs1. The Morgan fingerprint density at radius 3 is 2.88 bits per heavy atom. The number of rotatable bonds is 9. The molecule has 0 aromatic carbocycles. The molecule has 140 valence electrons. The van der Waals surface area contributed by atoms with E-state index in [1.807, 2.05) is 23.6 Å². The average molecular weight is 373 g/mol. The van der Waals surface area contributed by atoms with Gasteiger partial charge in [0, 0.05) is 37.3 Å². The molecule has 0 saturated heterocycles. The molecule has 3 rings (SSSR count). The van der Waals surface area contributed by atoms with E-state index in [9.17, 15) is 0 Å². The first-order valence-corrected chi connectivity index (χ1v) is 10.2. The van der Waals surface area contributed by atoms with Crippen molar-refractivity contribution < 1.29 is 4.74 Å². The van der Waals surface area contributed by atoms with Gasteiger partial charge < -0.3 is 15.4 Å². The Morgan fingerprint density at radius 1 is 1.35 bits per heavy atom. The molecule has 26 heavy (non-hydrogen) atoms. The van der Waals surface area contributed by atoms with E-state index in [2.05, 4.69) is 51.1 Å². The number of aromatic nitrogens is 1. The topological polar surface area (TPSA) is 58.5 Å². The van der Waals surface area contributed by atoms with Crippen LogP contribution in [0.3, 0.4) is 0 Å². The molecule has 1 atom stereocenters. The van der Waals surface area contributed by atoms with Crippen LogP contribution in [0.1, 0.15) is 30.2 Å². The Morgan fingerprint density at radius 2 is 2.23 bits per heavy atom. The van der Waals surface area contributed by atoms with Crippen LogP contribution in [0.25, 0.3) is 0 Å². The smallest absolute Gasteiger partial charge is 0.213 e. The summed E-state index contributed by atoms with van der Waals surface area (Å²) in [5.41, 5.74) is 1.11. The quantitative estimate of drug-likeness (QED) is 0.523. The first kappa shape index (κ1) is 18.7. The van der Waals surface area contributed by atoms with Gasteiger partial charge in [-0.25, -0.2) is 4.98 Å². The van der Waals surface area contributed by atoms with Gasteiger partial charge in [0.15, 0.2) is 5.96 Å². The molecule has 1 aliphatic rings. The minimum absolute atomic E-state index is 0.553. The van der Waals surface area contributed by atoms with Gasteiger partial charge in [0.1, 0.15) is 0 Å². The Labute approximate surface area is 159 Å². The van der Waals surface area contributed by atoms with E-state index in [0.29, 0.717) is 18.3 Å². The molecule has 2 N–H and O–H groups in total. The highest BCUT2D eigenvalue weighted by Crippen LogP contribution is 2.29. The summed E-state index contributed by atoms with van der Waals surface area (Å²) in [6, 6.07) is 8.30. The van der Waals surface area contributed by atoms with Crippen LogP contribution in [-0.4, -0.2) is 31.1 Å². The van der Waals surface area contributed by atoms with Gasteiger partial charge in [-0.1, -0.05) is 19.1 Å². The standard InChI is InChI=1S/C20H28N4OS/c1-15(10-18-4-3-9-26-18)11-23-20(21-2)24-13-17-7-8-19(22-12-17)25-14-16-5-6-16/h3-4,7-9,12,15-16H,5-6,10-11,13-14H2,1-2H3,(H2,21,23,24). The van der Waals surface area contributed by atoms with Crippen LogP contribution in [0.5, 0.6) is 5.88 Å². The molecule has 0 radical (unpaired) electrons. The molecule has 1 unspecified atom stereocenters. The second-order valence-electron chi connectivity index (χ2n) is 6.95. The van der Waals surface area contributed by atoms with Gasteiger partial charge in [0.25, 0.3) is 0 Å². The van der Waals surface area contributed by atoms with Crippen LogP contribution >= 0.6 is 11.3 Å². The van der Waals surface area contributed by atoms with Gasteiger partial charge in [-0.05, 0) is 48.1 Å². The van der Waals surface area contributed by atoms with Crippen molar-refractivity contribution in [3.63, 3.8) is 0 Å². The number of pyridine rings is 1. The number of ether oxygens (including phenoxy) is 1. The second kappa shape index (κ2) is 9.57. The van der Waals surface area contributed by atoms with Crippen molar-refractivity contribution in [1.29, 1.82) is 0 Å². The lowest BCUT2D eigenvalue weighted by Gasteiger charge is -2.15. The zero-order chi connectivity index (χ0) is 18.2. The van der Waals surface area contributed by atoms with Crippen LogP contribution in [-0.2, 0) is 13.0 Å². The van der Waals surface area contributed by atoms with E-state index in [4.69, 9.17) is 4.74 Å². The first-order valence-electron chi connectivity index (χ1n) is 9.27. The Hall–Kier alpha value is -2.08. The van der Waals surface area contributed by atoms with E-state index in [1.54, 1.807) is 7.05 Å². The maximum Gasteiger partial charge on any atom is 0.213 e. The van der Waals surface area contributed by atoms with Crippen molar-refractivity contribution in [3.05, 3.63) is 46.3 Å². The molecule has 2 heterocycles. The van der Waals surface area contributed by atoms with Crippen molar-refractivity contribution in [2.75, 3.05) is 20.2 Å². The van der Waals surface area contributed by atoms with Crippen LogP contribution in [0, 0.1) is 11.8 Å². The molecule has 5 nitrogen and oxygen atoms in total. The predicted octanol–water partition coefficient (Wildman–Crippen LogP) is 3.48. The molecule has 0 spiro atoms. The van der Waals surface area contributed by atoms with Gasteiger partial charge >= 0.3 is 0 Å². The maximum absolute atomic E-state index is 5.67. The third kappa shape index (κ3) is 6.33. The van der Waals surface area contributed by atoms with Crippen molar-refractivity contribution >= 4 is 17.3 Å². The van der Waals surface area contributed by atoms with E-state index in [-0.39, 0.29) is 0 Å². The van der Waals surface area contributed by atoms with Crippen LogP contribution in [0.15, 0.2) is 40.8 Å². The fourth-order valence-corrected chi connectivity index (χ4v) is 3.48. The molecule has 1 saturated carbocycles. The number of guanidine groups is 1. The summed E-state index contributed by atoms with van der Waals surface area (Å²) in [7, 11) is 1.80. The monoisotopic (exact) mass is 372 g/mol. The van der Waals surface area contributed by atoms with E-state index in [0.717, 1.165) is 37.0 Å². The highest BCUT2D eigenvalue weighted by Gasteiger charge is 2.22. The lowest BCUT2D eigenvalue weighted by atomic mass is 10.1. The maximum atomic E-state index is 5.67. The van der Waals surface area contributed by atoms with E-state index >= 15 is 0 Å². The lowest BCUT2D eigenvalue weighted by Crippen LogP contribution is -2.39. The fourth-order valence-electron chi connectivity index (χ4n) is 2.61. The number of thiophene rings is 1. The zero-order valence-corrected chi connectivity index (χ0v) is 16.4. The number of nitrogens with one attached hydrogen (secondary N) is 2. The van der Waals surface area contributed by atoms with Crippen molar-refractivity contribution in [2.24, 2.45) is 16.8 Å². The summed E-state index contributed by atoms with van der Waals surface area (Å²) < 4.78 is 5.67. The normalized spacial score (nSPS) is 15.5. The largest absolute Gasteiger partial charge is 0.477 e. The van der Waals surface area contributed by atoms with Gasteiger partial charge in [-0.2, -0.15) is 0 Å². The van der Waals surface area contributed by atoms with Crippen LogP contribution in [0.2, 0.25) is 0 Å². The Bertz CT molecular complexity index is 680.